The molecule has 1 atom stereocenters. The molecule has 3 N–H and O–H groups in total. The maximum atomic E-state index is 12.8. The molecule has 0 fully saturated rings. The van der Waals surface area contributed by atoms with Crippen molar-refractivity contribution in [2.24, 2.45) is 0 Å². The maximum Gasteiger partial charge on any atom is 0.305 e. The van der Waals surface area contributed by atoms with Crippen molar-refractivity contribution in [2.75, 3.05) is 0 Å². The van der Waals surface area contributed by atoms with Gasteiger partial charge in [-0.3, -0.25) is 24.5 Å². The van der Waals surface area contributed by atoms with Crippen molar-refractivity contribution < 1.29 is 14.7 Å². The Morgan fingerprint density at radius 3 is 2.38 bits per heavy atom. The summed E-state index contributed by atoms with van der Waals surface area (Å²) in [5, 5.41) is 14.8. The van der Waals surface area contributed by atoms with Crippen LogP contribution in [0.4, 0.5) is 0 Å². The number of benzene rings is 2. The van der Waals surface area contributed by atoms with Crippen LogP contribution in [0.2, 0.25) is 0 Å². The van der Waals surface area contributed by atoms with E-state index in [1.165, 1.54) is 16.9 Å². The second kappa shape index (κ2) is 9.13. The largest absolute Gasteiger partial charge is 0.481 e. The predicted octanol–water partition coefficient (Wildman–Crippen LogP) is 3.17. The topological polar surface area (TPSA) is 117 Å². The van der Waals surface area contributed by atoms with Crippen molar-refractivity contribution in [3.05, 3.63) is 107 Å². The van der Waals surface area contributed by atoms with Crippen LogP contribution in [-0.2, 0) is 4.79 Å². The highest BCUT2D eigenvalue weighted by molar-refractivity contribution is 5.92. The first kappa shape index (κ1) is 20.8. The van der Waals surface area contributed by atoms with Crippen molar-refractivity contribution in [3.8, 4) is 16.8 Å². The van der Waals surface area contributed by atoms with Crippen LogP contribution < -0.4 is 10.9 Å². The van der Waals surface area contributed by atoms with Gasteiger partial charge in [0.1, 0.15) is 5.69 Å². The van der Waals surface area contributed by atoms with Crippen LogP contribution in [0.5, 0.6) is 0 Å². The minimum atomic E-state index is -1.05. The highest BCUT2D eigenvalue weighted by Crippen LogP contribution is 2.23. The number of pyridine rings is 1. The summed E-state index contributed by atoms with van der Waals surface area (Å²) in [5.41, 5.74) is 2.74. The molecular weight excluding hydrogens is 408 g/mol. The number of amides is 1. The molecule has 0 saturated heterocycles. The molecule has 0 aliphatic rings. The highest BCUT2D eigenvalue weighted by atomic mass is 16.4. The number of aromatic amines is 1. The van der Waals surface area contributed by atoms with Gasteiger partial charge in [-0.1, -0.05) is 54.6 Å². The van der Waals surface area contributed by atoms with Gasteiger partial charge in [0.15, 0.2) is 0 Å². The average Bonchev–Trinajstić information content (AvgIpc) is 3.21. The van der Waals surface area contributed by atoms with E-state index in [2.05, 4.69) is 15.4 Å². The molecule has 1 amide bonds. The van der Waals surface area contributed by atoms with E-state index >= 15 is 0 Å². The number of carboxylic acid groups (broad SMARTS) is 1. The molecule has 2 aromatic carbocycles. The monoisotopic (exact) mass is 428 g/mol. The fourth-order valence-electron chi connectivity index (χ4n) is 3.39. The summed E-state index contributed by atoms with van der Waals surface area (Å²) in [6, 6.07) is 20.9. The van der Waals surface area contributed by atoms with E-state index < -0.39 is 23.5 Å². The molecule has 0 saturated carbocycles. The second-order valence-corrected chi connectivity index (χ2v) is 7.17. The molecule has 160 valence electrons. The van der Waals surface area contributed by atoms with Crippen LogP contribution in [0.1, 0.15) is 28.5 Å². The zero-order valence-corrected chi connectivity index (χ0v) is 16.9. The number of aromatic nitrogens is 3. The standard InChI is InChI=1S/C24H20N4O4/c29-22-13-21(27-28(22)19-7-4-12-25-15-19)24(32)26-20(14-23(30)31)18-10-8-17(9-11-18)16-5-2-1-3-6-16/h1-13,15,20,27H,14H2,(H,26,32)(H,30,31). The van der Waals surface area contributed by atoms with E-state index in [9.17, 15) is 19.5 Å². The van der Waals surface area contributed by atoms with Crippen molar-refractivity contribution >= 4 is 11.9 Å². The van der Waals surface area contributed by atoms with Gasteiger partial charge in [-0.15, -0.1) is 0 Å². The Morgan fingerprint density at radius 1 is 1.00 bits per heavy atom. The first-order chi connectivity index (χ1) is 15.5. The number of carboxylic acids is 1. The van der Waals surface area contributed by atoms with Gasteiger partial charge in [0.25, 0.3) is 11.5 Å². The Hall–Kier alpha value is -4.46. The van der Waals surface area contributed by atoms with Crippen molar-refractivity contribution in [2.45, 2.75) is 12.5 Å². The maximum absolute atomic E-state index is 12.8. The van der Waals surface area contributed by atoms with Crippen LogP contribution >= 0.6 is 0 Å². The van der Waals surface area contributed by atoms with Crippen LogP contribution in [-0.4, -0.2) is 31.7 Å². The lowest BCUT2D eigenvalue weighted by Gasteiger charge is -2.17. The van der Waals surface area contributed by atoms with Gasteiger partial charge in [-0.2, -0.15) is 0 Å². The van der Waals surface area contributed by atoms with Gasteiger partial charge in [-0.25, -0.2) is 4.68 Å². The van der Waals surface area contributed by atoms with Crippen LogP contribution in [0.25, 0.3) is 16.8 Å². The zero-order valence-electron chi connectivity index (χ0n) is 16.9. The Labute approximate surface area is 183 Å². The number of nitrogens with one attached hydrogen (secondary N) is 2. The molecule has 8 nitrogen and oxygen atoms in total. The smallest absolute Gasteiger partial charge is 0.305 e. The summed E-state index contributed by atoms with van der Waals surface area (Å²) in [6.07, 6.45) is 2.76. The highest BCUT2D eigenvalue weighted by Gasteiger charge is 2.21. The third-order valence-corrected chi connectivity index (χ3v) is 4.97. The number of carbonyl (C=O) groups is 2. The first-order valence-corrected chi connectivity index (χ1v) is 9.92. The molecule has 2 heterocycles. The van der Waals surface area contributed by atoms with Crippen molar-refractivity contribution in [1.82, 2.24) is 20.1 Å². The van der Waals surface area contributed by atoms with E-state index in [4.69, 9.17) is 0 Å². The van der Waals surface area contributed by atoms with Gasteiger partial charge >= 0.3 is 5.97 Å². The normalized spacial score (nSPS) is 11.6. The Bertz CT molecular complexity index is 1280. The predicted molar refractivity (Wildman–Crippen MR) is 119 cm³/mol. The molecule has 8 heteroatoms. The van der Waals surface area contributed by atoms with Crippen LogP contribution in [0.3, 0.4) is 0 Å². The number of hydrogen-bond donors (Lipinski definition) is 3. The Balaban J connectivity index is 1.56. The molecule has 4 aromatic rings. The lowest BCUT2D eigenvalue weighted by molar-refractivity contribution is -0.137. The molecule has 0 aliphatic heterocycles. The second-order valence-electron chi connectivity index (χ2n) is 7.17. The molecule has 0 aliphatic carbocycles. The molecular formula is C24H20N4O4. The molecule has 32 heavy (non-hydrogen) atoms. The Kier molecular flexibility index (Phi) is 5.94. The van der Waals surface area contributed by atoms with E-state index in [0.29, 0.717) is 11.3 Å². The van der Waals surface area contributed by atoms with E-state index in [-0.39, 0.29) is 12.1 Å². The van der Waals surface area contributed by atoms with Crippen LogP contribution in [0, 0.1) is 0 Å². The summed E-state index contributed by atoms with van der Waals surface area (Å²) >= 11 is 0. The number of aliphatic carboxylic acids is 1. The van der Waals surface area contributed by atoms with E-state index in [0.717, 1.165) is 11.1 Å². The first-order valence-electron chi connectivity index (χ1n) is 9.92. The molecule has 0 bridgehead atoms. The molecule has 2 aromatic heterocycles. The summed E-state index contributed by atoms with van der Waals surface area (Å²) in [7, 11) is 0. The fraction of sp³-hybridized carbons (Fsp3) is 0.0833. The fourth-order valence-corrected chi connectivity index (χ4v) is 3.39. The summed E-state index contributed by atoms with van der Waals surface area (Å²) in [4.78, 5) is 40.4. The third kappa shape index (κ3) is 4.65. The van der Waals surface area contributed by atoms with Gasteiger partial charge in [0.2, 0.25) is 0 Å². The Morgan fingerprint density at radius 2 is 1.72 bits per heavy atom. The molecule has 1 unspecified atom stereocenters. The van der Waals surface area contributed by atoms with Gasteiger partial charge in [0.05, 0.1) is 24.3 Å². The number of nitrogens with zero attached hydrogens (tertiary/aromatic N) is 2. The quantitative estimate of drug-likeness (QED) is 0.418. The molecule has 0 spiro atoms. The van der Waals surface area contributed by atoms with Crippen molar-refractivity contribution in [1.29, 1.82) is 0 Å². The zero-order chi connectivity index (χ0) is 22.5. The third-order valence-electron chi connectivity index (χ3n) is 4.97. The SMILES string of the molecule is O=C(O)CC(NC(=O)c1cc(=O)n(-c2cccnc2)[nH]1)c1ccc(-c2ccccc2)cc1. The number of H-pyrrole nitrogens is 1. The average molecular weight is 428 g/mol. The minimum Gasteiger partial charge on any atom is -0.481 e. The number of carbonyl (C=O) groups excluding carboxylic acids is 1. The number of hydrogen-bond acceptors (Lipinski definition) is 4. The van der Waals surface area contributed by atoms with Gasteiger partial charge < -0.3 is 10.4 Å². The minimum absolute atomic E-state index is 0.0233. The summed E-state index contributed by atoms with van der Waals surface area (Å²) < 4.78 is 1.20. The number of rotatable bonds is 7. The van der Waals surface area contributed by atoms with E-state index in [1.54, 1.807) is 30.5 Å². The van der Waals surface area contributed by atoms with Crippen molar-refractivity contribution in [3.63, 3.8) is 0 Å². The van der Waals surface area contributed by atoms with Crippen LogP contribution in [0.15, 0.2) is 90.0 Å². The van der Waals surface area contributed by atoms with Gasteiger partial charge in [0, 0.05) is 12.3 Å². The molecule has 4 rings (SSSR count). The molecule has 0 radical (unpaired) electrons. The van der Waals surface area contributed by atoms with Gasteiger partial charge in [-0.05, 0) is 28.8 Å². The summed E-state index contributed by atoms with van der Waals surface area (Å²) in [5.74, 6) is -1.63. The lowest BCUT2D eigenvalue weighted by Crippen LogP contribution is -2.30. The lowest BCUT2D eigenvalue weighted by atomic mass is 9.99. The van der Waals surface area contributed by atoms with E-state index in [1.807, 2.05) is 42.5 Å². The summed E-state index contributed by atoms with van der Waals surface area (Å²) in [6.45, 7) is 0.